The molecule has 0 radical (unpaired) electrons. The predicted molar refractivity (Wildman–Crippen MR) is 95.9 cm³/mol. The molecule has 2 nitrogen and oxygen atoms in total. The molecule has 0 aliphatic heterocycles. The molecule has 1 aliphatic rings. The molecule has 1 aliphatic carbocycles. The lowest BCUT2D eigenvalue weighted by molar-refractivity contribution is -0.104. The highest BCUT2D eigenvalue weighted by Gasteiger charge is 2.22. The first-order chi connectivity index (χ1) is 11.1. The van der Waals surface area contributed by atoms with Gasteiger partial charge in [-0.25, -0.2) is 4.39 Å². The van der Waals surface area contributed by atoms with Crippen molar-refractivity contribution in [1.82, 2.24) is 0 Å². The number of nitrogens with two attached hydrogens (primary N) is 1. The molecule has 128 valence electrons. The average molecular weight is 319 g/mol. The molecule has 1 fully saturated rings. The lowest BCUT2D eigenvalue weighted by Gasteiger charge is -2.29. The van der Waals surface area contributed by atoms with Crippen LogP contribution in [0.4, 0.5) is 10.1 Å². The SMILES string of the molecule is C=CC=O.CCCCCC1CCC(c2ccc(N)c(F)c2)CC1. The van der Waals surface area contributed by atoms with Gasteiger partial charge in [-0.3, -0.25) is 4.79 Å². The minimum atomic E-state index is -0.262. The van der Waals surface area contributed by atoms with Crippen molar-refractivity contribution in [3.63, 3.8) is 0 Å². The highest BCUT2D eigenvalue weighted by atomic mass is 19.1. The van der Waals surface area contributed by atoms with E-state index >= 15 is 0 Å². The van der Waals surface area contributed by atoms with Crippen molar-refractivity contribution in [2.75, 3.05) is 5.73 Å². The minimum absolute atomic E-state index is 0.261. The first kappa shape index (κ1) is 19.4. The van der Waals surface area contributed by atoms with Gasteiger partial charge in [-0.05, 0) is 61.3 Å². The number of unbranched alkanes of at least 4 members (excludes halogenated alkanes) is 2. The van der Waals surface area contributed by atoms with Crippen LogP contribution in [0.5, 0.6) is 0 Å². The molecular formula is C20H30FNO. The largest absolute Gasteiger partial charge is 0.396 e. The normalized spacial score (nSPS) is 20.3. The third-order valence-electron chi connectivity index (χ3n) is 4.65. The zero-order chi connectivity index (χ0) is 17.1. The summed E-state index contributed by atoms with van der Waals surface area (Å²) in [6.45, 7) is 5.37. The van der Waals surface area contributed by atoms with Crippen molar-refractivity contribution >= 4 is 12.0 Å². The Labute approximate surface area is 140 Å². The number of rotatable bonds is 6. The van der Waals surface area contributed by atoms with Crippen LogP contribution in [0.2, 0.25) is 0 Å². The maximum Gasteiger partial charge on any atom is 0.146 e. The summed E-state index contributed by atoms with van der Waals surface area (Å²) in [6, 6.07) is 5.34. The van der Waals surface area contributed by atoms with Gasteiger partial charge in [0.25, 0.3) is 0 Å². The Bertz CT molecular complexity index is 473. The summed E-state index contributed by atoms with van der Waals surface area (Å²) in [6.07, 6.45) is 12.3. The van der Waals surface area contributed by atoms with E-state index in [1.54, 1.807) is 12.1 Å². The lowest BCUT2D eigenvalue weighted by Crippen LogP contribution is -2.13. The number of benzene rings is 1. The van der Waals surface area contributed by atoms with Crippen LogP contribution in [0.15, 0.2) is 30.9 Å². The fourth-order valence-corrected chi connectivity index (χ4v) is 3.26. The summed E-state index contributed by atoms with van der Waals surface area (Å²) in [5.41, 5.74) is 6.93. The Morgan fingerprint density at radius 3 is 2.43 bits per heavy atom. The van der Waals surface area contributed by atoms with Crippen LogP contribution < -0.4 is 5.73 Å². The van der Waals surface area contributed by atoms with E-state index in [4.69, 9.17) is 10.5 Å². The Morgan fingerprint density at radius 2 is 1.91 bits per heavy atom. The monoisotopic (exact) mass is 319 g/mol. The van der Waals surface area contributed by atoms with E-state index in [2.05, 4.69) is 13.5 Å². The molecule has 1 aromatic rings. The molecule has 0 spiro atoms. The molecule has 0 amide bonds. The van der Waals surface area contributed by atoms with Crippen molar-refractivity contribution < 1.29 is 9.18 Å². The second-order valence-electron chi connectivity index (χ2n) is 6.37. The maximum atomic E-state index is 13.5. The first-order valence-electron chi connectivity index (χ1n) is 8.73. The summed E-state index contributed by atoms with van der Waals surface area (Å²) < 4.78 is 13.5. The fraction of sp³-hybridized carbons (Fsp3) is 0.550. The van der Waals surface area contributed by atoms with Crippen LogP contribution in [0.25, 0.3) is 0 Å². The molecule has 1 aromatic carbocycles. The highest BCUT2D eigenvalue weighted by molar-refractivity contribution is 5.63. The van der Waals surface area contributed by atoms with Gasteiger partial charge >= 0.3 is 0 Å². The lowest BCUT2D eigenvalue weighted by atomic mass is 9.77. The van der Waals surface area contributed by atoms with E-state index in [9.17, 15) is 4.39 Å². The number of anilines is 1. The van der Waals surface area contributed by atoms with E-state index < -0.39 is 0 Å². The smallest absolute Gasteiger partial charge is 0.146 e. The molecule has 0 unspecified atom stereocenters. The Balaban J connectivity index is 0.000000593. The van der Waals surface area contributed by atoms with Crippen LogP contribution in [0.3, 0.4) is 0 Å². The van der Waals surface area contributed by atoms with Crippen LogP contribution in [-0.2, 0) is 4.79 Å². The van der Waals surface area contributed by atoms with E-state index in [0.717, 1.165) is 11.5 Å². The number of nitrogen functional groups attached to an aromatic ring is 1. The number of hydrogen-bond donors (Lipinski definition) is 1. The molecule has 23 heavy (non-hydrogen) atoms. The summed E-state index contributed by atoms with van der Waals surface area (Å²) in [5.74, 6) is 1.18. The average Bonchev–Trinajstić information content (AvgIpc) is 2.58. The number of hydrogen-bond acceptors (Lipinski definition) is 2. The number of halogens is 1. The number of carbonyl (C=O) groups is 1. The van der Waals surface area contributed by atoms with Gasteiger partial charge in [0.15, 0.2) is 0 Å². The van der Waals surface area contributed by atoms with Crippen LogP contribution >= 0.6 is 0 Å². The zero-order valence-electron chi connectivity index (χ0n) is 14.3. The van der Waals surface area contributed by atoms with Crippen molar-refractivity contribution in [1.29, 1.82) is 0 Å². The van der Waals surface area contributed by atoms with Gasteiger partial charge in [0.05, 0.1) is 5.69 Å². The molecule has 0 bridgehead atoms. The number of aldehydes is 1. The molecular weight excluding hydrogens is 289 g/mol. The van der Waals surface area contributed by atoms with Gasteiger partial charge < -0.3 is 5.73 Å². The molecule has 0 saturated heterocycles. The standard InChI is InChI=1S/C17H26FN.C3H4O/c1-2-3-4-5-13-6-8-14(9-7-13)15-10-11-17(19)16(18)12-15;1-2-3-4/h10-14H,2-9,19H2,1H3;2-3H,1H2. The topological polar surface area (TPSA) is 43.1 Å². The molecule has 0 aromatic heterocycles. The van der Waals surface area contributed by atoms with Crippen molar-refractivity contribution in [3.8, 4) is 0 Å². The van der Waals surface area contributed by atoms with Crippen molar-refractivity contribution in [3.05, 3.63) is 42.2 Å². The Kier molecular flexibility index (Phi) is 9.27. The van der Waals surface area contributed by atoms with Gasteiger partial charge in [-0.1, -0.05) is 45.3 Å². The first-order valence-corrected chi connectivity index (χ1v) is 8.73. The Morgan fingerprint density at radius 1 is 1.26 bits per heavy atom. The zero-order valence-corrected chi connectivity index (χ0v) is 14.3. The maximum absolute atomic E-state index is 13.5. The molecule has 1 saturated carbocycles. The quantitative estimate of drug-likeness (QED) is 0.319. The third kappa shape index (κ3) is 6.98. The van der Waals surface area contributed by atoms with Crippen LogP contribution in [0.1, 0.15) is 69.8 Å². The summed E-state index contributed by atoms with van der Waals surface area (Å²) in [5, 5.41) is 0. The fourth-order valence-electron chi connectivity index (χ4n) is 3.26. The molecule has 3 heteroatoms. The second kappa shape index (κ2) is 11.0. The van der Waals surface area contributed by atoms with Gasteiger partial charge in [0, 0.05) is 0 Å². The molecule has 0 atom stereocenters. The number of carbonyl (C=O) groups excluding carboxylic acids is 1. The highest BCUT2D eigenvalue weighted by Crippen LogP contribution is 2.38. The van der Waals surface area contributed by atoms with Gasteiger partial charge in [0.1, 0.15) is 12.1 Å². The van der Waals surface area contributed by atoms with E-state index in [-0.39, 0.29) is 11.5 Å². The van der Waals surface area contributed by atoms with E-state index in [1.165, 1.54) is 57.4 Å². The summed E-state index contributed by atoms with van der Waals surface area (Å²) in [7, 11) is 0. The summed E-state index contributed by atoms with van der Waals surface area (Å²) in [4.78, 5) is 9.06. The molecule has 0 heterocycles. The Hall–Kier alpha value is -1.64. The predicted octanol–water partition coefficient (Wildman–Crippen LogP) is 5.63. The minimum Gasteiger partial charge on any atom is -0.396 e. The van der Waals surface area contributed by atoms with Gasteiger partial charge in [-0.15, -0.1) is 0 Å². The van der Waals surface area contributed by atoms with Gasteiger partial charge in [-0.2, -0.15) is 0 Å². The number of allylic oxidation sites excluding steroid dienone is 1. The molecule has 2 rings (SSSR count). The van der Waals surface area contributed by atoms with E-state index in [0.29, 0.717) is 12.2 Å². The van der Waals surface area contributed by atoms with Crippen LogP contribution in [0, 0.1) is 11.7 Å². The van der Waals surface area contributed by atoms with Crippen molar-refractivity contribution in [2.24, 2.45) is 5.92 Å². The summed E-state index contributed by atoms with van der Waals surface area (Å²) >= 11 is 0. The third-order valence-corrected chi connectivity index (χ3v) is 4.65. The second-order valence-corrected chi connectivity index (χ2v) is 6.37. The van der Waals surface area contributed by atoms with Gasteiger partial charge in [0.2, 0.25) is 0 Å². The van der Waals surface area contributed by atoms with Crippen LogP contribution in [-0.4, -0.2) is 6.29 Å². The van der Waals surface area contributed by atoms with Crippen molar-refractivity contribution in [2.45, 2.75) is 64.2 Å². The molecule has 2 N–H and O–H groups in total. The van der Waals surface area contributed by atoms with E-state index in [1.807, 2.05) is 6.07 Å².